The highest BCUT2D eigenvalue weighted by Crippen LogP contribution is 2.20. The van der Waals surface area contributed by atoms with Crippen molar-refractivity contribution in [3.05, 3.63) is 34.8 Å². The van der Waals surface area contributed by atoms with Gasteiger partial charge in [0.1, 0.15) is 12.1 Å². The monoisotopic (exact) mass is 242 g/mol. The fraction of sp³-hybridized carbons (Fsp3) is 0. The molecule has 4 nitrogen and oxygen atoms in total. The number of hydrogen-bond donors (Lipinski definition) is 0. The van der Waals surface area contributed by atoms with Gasteiger partial charge in [-0.3, -0.25) is 0 Å². The van der Waals surface area contributed by atoms with Crippen molar-refractivity contribution in [3.63, 3.8) is 0 Å². The second-order valence-corrected chi connectivity index (χ2v) is 3.20. The first-order valence-electron chi connectivity index (χ1n) is 3.46. The van der Waals surface area contributed by atoms with Crippen molar-refractivity contribution in [2.45, 2.75) is 0 Å². The minimum absolute atomic E-state index is 0.302. The molecular weight excluding hydrogens is 239 g/mol. The first-order chi connectivity index (χ1) is 6.27. The Morgan fingerprint density at radius 2 is 2.23 bits per heavy atom. The van der Waals surface area contributed by atoms with Crippen LogP contribution in [0.5, 0.6) is 0 Å². The predicted molar refractivity (Wildman–Crippen MR) is 46.8 cm³/mol. The molecule has 1 aromatic carbocycles. The summed E-state index contributed by atoms with van der Waals surface area (Å²) in [5.41, 5.74) is 0.700. The van der Waals surface area contributed by atoms with Crippen molar-refractivity contribution in [2.24, 2.45) is 0 Å². The molecule has 0 saturated carbocycles. The lowest BCUT2D eigenvalue weighted by molar-refractivity contribution is 0.625. The van der Waals surface area contributed by atoms with Crippen LogP contribution in [0.4, 0.5) is 4.39 Å². The molecule has 0 atom stereocenters. The zero-order chi connectivity index (χ0) is 9.26. The van der Waals surface area contributed by atoms with Crippen molar-refractivity contribution >= 4 is 15.9 Å². The molecule has 2 aromatic rings. The van der Waals surface area contributed by atoms with Gasteiger partial charge in [0, 0.05) is 4.47 Å². The zero-order valence-corrected chi connectivity index (χ0v) is 7.94. The molecule has 0 aliphatic heterocycles. The molecule has 0 N–H and O–H groups in total. The Bertz CT molecular complexity index is 414. The van der Waals surface area contributed by atoms with E-state index in [-0.39, 0.29) is 5.82 Å². The fourth-order valence-corrected chi connectivity index (χ4v) is 1.47. The molecule has 0 fully saturated rings. The standard InChI is InChI=1S/C7H4BrFN4/c8-6-3-5(9)1-2-7(6)13-4-10-11-12-13/h1-4H. The van der Waals surface area contributed by atoms with Gasteiger partial charge in [-0.05, 0) is 44.6 Å². The quantitative estimate of drug-likeness (QED) is 0.763. The van der Waals surface area contributed by atoms with Crippen LogP contribution in [-0.2, 0) is 0 Å². The van der Waals surface area contributed by atoms with Gasteiger partial charge in [0.25, 0.3) is 0 Å². The zero-order valence-electron chi connectivity index (χ0n) is 6.35. The number of aromatic nitrogens is 4. The van der Waals surface area contributed by atoms with E-state index < -0.39 is 0 Å². The maximum Gasteiger partial charge on any atom is 0.143 e. The van der Waals surface area contributed by atoms with Crippen molar-refractivity contribution < 1.29 is 4.39 Å². The minimum atomic E-state index is -0.302. The predicted octanol–water partition coefficient (Wildman–Crippen LogP) is 1.56. The Morgan fingerprint density at radius 3 is 2.85 bits per heavy atom. The summed E-state index contributed by atoms with van der Waals surface area (Å²) in [7, 11) is 0. The Labute approximate surface area is 81.5 Å². The molecule has 1 heterocycles. The molecule has 0 amide bonds. The van der Waals surface area contributed by atoms with Crippen LogP contribution >= 0.6 is 15.9 Å². The first-order valence-corrected chi connectivity index (χ1v) is 4.25. The minimum Gasteiger partial charge on any atom is -0.207 e. The van der Waals surface area contributed by atoms with E-state index >= 15 is 0 Å². The SMILES string of the molecule is Fc1ccc(-n2cnnn2)c(Br)c1. The van der Waals surface area contributed by atoms with Crippen molar-refractivity contribution in [3.8, 4) is 5.69 Å². The number of rotatable bonds is 1. The summed E-state index contributed by atoms with van der Waals surface area (Å²) >= 11 is 3.21. The molecule has 0 saturated heterocycles. The Morgan fingerprint density at radius 1 is 1.38 bits per heavy atom. The largest absolute Gasteiger partial charge is 0.207 e. The number of nitrogens with zero attached hydrogens (tertiary/aromatic N) is 4. The fourth-order valence-electron chi connectivity index (χ4n) is 0.939. The van der Waals surface area contributed by atoms with Crippen LogP contribution in [0, 0.1) is 5.82 Å². The van der Waals surface area contributed by atoms with Crippen molar-refractivity contribution in [1.29, 1.82) is 0 Å². The number of halogens is 2. The second kappa shape index (κ2) is 3.21. The van der Waals surface area contributed by atoms with Crippen LogP contribution in [-0.4, -0.2) is 20.2 Å². The molecule has 13 heavy (non-hydrogen) atoms. The summed E-state index contributed by atoms with van der Waals surface area (Å²) in [6.45, 7) is 0. The maximum atomic E-state index is 12.7. The summed E-state index contributed by atoms with van der Waals surface area (Å²) in [6, 6.07) is 4.30. The van der Waals surface area contributed by atoms with Crippen LogP contribution in [0.15, 0.2) is 29.0 Å². The molecule has 0 unspecified atom stereocenters. The van der Waals surface area contributed by atoms with E-state index in [1.807, 2.05) is 0 Å². The summed E-state index contributed by atoms with van der Waals surface area (Å²) in [6.07, 6.45) is 1.44. The van der Waals surface area contributed by atoms with E-state index in [1.165, 1.54) is 23.1 Å². The van der Waals surface area contributed by atoms with Gasteiger partial charge in [-0.25, -0.2) is 4.39 Å². The van der Waals surface area contributed by atoms with Gasteiger partial charge in [0.05, 0.1) is 5.69 Å². The molecule has 0 aliphatic carbocycles. The summed E-state index contributed by atoms with van der Waals surface area (Å²) in [5.74, 6) is -0.302. The number of tetrazole rings is 1. The number of benzene rings is 1. The van der Waals surface area contributed by atoms with Gasteiger partial charge < -0.3 is 0 Å². The molecule has 0 radical (unpaired) electrons. The van der Waals surface area contributed by atoms with E-state index in [0.717, 1.165) is 0 Å². The normalized spacial score (nSPS) is 10.3. The van der Waals surface area contributed by atoms with E-state index in [1.54, 1.807) is 6.07 Å². The Hall–Kier alpha value is -1.30. The van der Waals surface area contributed by atoms with Crippen LogP contribution in [0.2, 0.25) is 0 Å². The molecule has 0 aliphatic rings. The number of hydrogen-bond acceptors (Lipinski definition) is 3. The topological polar surface area (TPSA) is 43.6 Å². The molecule has 0 spiro atoms. The van der Waals surface area contributed by atoms with E-state index in [0.29, 0.717) is 10.2 Å². The van der Waals surface area contributed by atoms with Crippen LogP contribution in [0.1, 0.15) is 0 Å². The van der Waals surface area contributed by atoms with Crippen molar-refractivity contribution in [1.82, 2.24) is 20.2 Å². The van der Waals surface area contributed by atoms with Crippen molar-refractivity contribution in [2.75, 3.05) is 0 Å². The molecule has 6 heteroatoms. The molecular formula is C7H4BrFN4. The third kappa shape index (κ3) is 1.57. The summed E-state index contributed by atoms with van der Waals surface area (Å²) in [4.78, 5) is 0. The molecule has 66 valence electrons. The van der Waals surface area contributed by atoms with E-state index in [4.69, 9.17) is 0 Å². The third-order valence-corrected chi connectivity index (χ3v) is 2.14. The highest BCUT2D eigenvalue weighted by atomic mass is 79.9. The van der Waals surface area contributed by atoms with Gasteiger partial charge in [-0.15, -0.1) is 5.10 Å². The highest BCUT2D eigenvalue weighted by molar-refractivity contribution is 9.10. The maximum absolute atomic E-state index is 12.7. The Balaban J connectivity index is 2.53. The lowest BCUT2D eigenvalue weighted by Crippen LogP contribution is -1.96. The van der Waals surface area contributed by atoms with Crippen LogP contribution in [0.25, 0.3) is 5.69 Å². The van der Waals surface area contributed by atoms with Gasteiger partial charge >= 0.3 is 0 Å². The van der Waals surface area contributed by atoms with Gasteiger partial charge in [-0.1, -0.05) is 0 Å². The third-order valence-electron chi connectivity index (χ3n) is 1.51. The average molecular weight is 243 g/mol. The highest BCUT2D eigenvalue weighted by Gasteiger charge is 2.03. The molecule has 0 bridgehead atoms. The second-order valence-electron chi connectivity index (χ2n) is 2.35. The molecule has 1 aromatic heterocycles. The van der Waals surface area contributed by atoms with E-state index in [2.05, 4.69) is 31.5 Å². The van der Waals surface area contributed by atoms with Crippen LogP contribution in [0.3, 0.4) is 0 Å². The average Bonchev–Trinajstić information content (AvgIpc) is 2.56. The summed E-state index contributed by atoms with van der Waals surface area (Å²) < 4.78 is 14.8. The first kappa shape index (κ1) is 8.31. The van der Waals surface area contributed by atoms with Gasteiger partial charge in [0.15, 0.2) is 0 Å². The Kier molecular flexibility index (Phi) is 2.05. The lowest BCUT2D eigenvalue weighted by Gasteiger charge is -2.01. The van der Waals surface area contributed by atoms with Gasteiger partial charge in [0.2, 0.25) is 0 Å². The smallest absolute Gasteiger partial charge is 0.143 e. The molecule has 2 rings (SSSR count). The van der Waals surface area contributed by atoms with Gasteiger partial charge in [-0.2, -0.15) is 4.68 Å². The summed E-state index contributed by atoms with van der Waals surface area (Å²) in [5, 5.41) is 10.6. The van der Waals surface area contributed by atoms with E-state index in [9.17, 15) is 4.39 Å². The lowest BCUT2D eigenvalue weighted by atomic mass is 10.3. The van der Waals surface area contributed by atoms with Crippen LogP contribution < -0.4 is 0 Å².